The van der Waals surface area contributed by atoms with Gasteiger partial charge < -0.3 is 0 Å². The molecule has 0 heterocycles. The molecule has 68 valence electrons. The molecule has 0 fully saturated rings. The molecule has 0 saturated heterocycles. The van der Waals surface area contributed by atoms with Crippen molar-refractivity contribution in [2.24, 2.45) is 0 Å². The molecule has 3 nitrogen and oxygen atoms in total. The van der Waals surface area contributed by atoms with Gasteiger partial charge in [-0.25, -0.2) is 17.2 Å². The van der Waals surface area contributed by atoms with Crippen molar-refractivity contribution in [3.05, 3.63) is 0 Å². The van der Waals surface area contributed by atoms with Crippen molar-refractivity contribution in [2.45, 2.75) is 6.43 Å². The van der Waals surface area contributed by atoms with Gasteiger partial charge in [-0.1, -0.05) is 0 Å². The number of halogens is 3. The van der Waals surface area contributed by atoms with E-state index in [4.69, 9.17) is 11.6 Å². The zero-order valence-corrected chi connectivity index (χ0v) is 7.37. The third-order valence-corrected chi connectivity index (χ3v) is 3.21. The lowest BCUT2D eigenvalue weighted by atomic mass is 10.7. The molecule has 0 atom stereocenters. The van der Waals surface area contributed by atoms with Gasteiger partial charge in [0.05, 0.1) is 6.54 Å². The Morgan fingerprint density at radius 1 is 1.55 bits per heavy atom. The van der Waals surface area contributed by atoms with Crippen molar-refractivity contribution in [1.29, 1.82) is 0 Å². The minimum Gasteiger partial charge on any atom is -0.211 e. The molecule has 0 rings (SSSR count). The molecule has 0 aliphatic rings. The van der Waals surface area contributed by atoms with Crippen molar-refractivity contribution in [1.82, 2.24) is 4.31 Å². The van der Waals surface area contributed by atoms with Crippen molar-refractivity contribution in [3.8, 4) is 0 Å². The van der Waals surface area contributed by atoms with Crippen LogP contribution in [0.3, 0.4) is 0 Å². The summed E-state index contributed by atoms with van der Waals surface area (Å²) in [6.07, 6.45) is -2.67. The summed E-state index contributed by atoms with van der Waals surface area (Å²) in [7, 11) is -2.62. The van der Waals surface area contributed by atoms with E-state index in [-0.39, 0.29) is 0 Å². The highest BCUT2D eigenvalue weighted by atomic mass is 35.5. The predicted molar refractivity (Wildman–Crippen MR) is 38.3 cm³/mol. The monoisotopic (exact) mass is 207 g/mol. The Bertz CT molecular complexity index is 206. The Hall–Kier alpha value is 0.0600. The maximum Gasteiger partial charge on any atom is 0.252 e. The van der Waals surface area contributed by atoms with Crippen LogP contribution in [-0.2, 0) is 10.0 Å². The van der Waals surface area contributed by atoms with Gasteiger partial charge in [0.15, 0.2) is 0 Å². The molecule has 0 amide bonds. The molecule has 0 saturated carbocycles. The van der Waals surface area contributed by atoms with Gasteiger partial charge in [-0.2, -0.15) is 4.31 Å². The Balaban J connectivity index is 4.14. The largest absolute Gasteiger partial charge is 0.252 e. The smallest absolute Gasteiger partial charge is 0.211 e. The molecule has 0 N–H and O–H groups in total. The topological polar surface area (TPSA) is 37.4 Å². The molecule has 11 heavy (non-hydrogen) atoms. The van der Waals surface area contributed by atoms with E-state index in [0.717, 1.165) is 7.05 Å². The fourth-order valence-corrected chi connectivity index (χ4v) is 1.40. The van der Waals surface area contributed by atoms with Crippen LogP contribution < -0.4 is 0 Å². The van der Waals surface area contributed by atoms with Crippen LogP contribution in [0.2, 0.25) is 0 Å². The summed E-state index contributed by atoms with van der Waals surface area (Å²) in [5.74, 6) is 0. The highest BCUT2D eigenvalue weighted by Crippen LogP contribution is 2.03. The summed E-state index contributed by atoms with van der Waals surface area (Å²) >= 11 is 5.00. The molecule has 0 spiro atoms. The number of hydrogen-bond donors (Lipinski definition) is 0. The van der Waals surface area contributed by atoms with Crippen molar-refractivity contribution in [2.75, 3.05) is 18.8 Å². The lowest BCUT2D eigenvalue weighted by Crippen LogP contribution is -2.31. The first-order valence-corrected chi connectivity index (χ1v) is 4.82. The quantitative estimate of drug-likeness (QED) is 0.637. The van der Waals surface area contributed by atoms with E-state index in [2.05, 4.69) is 0 Å². The Kier molecular flexibility index (Phi) is 4.20. The molecule has 7 heteroatoms. The summed E-state index contributed by atoms with van der Waals surface area (Å²) in [6, 6.07) is 0. The second-order valence-corrected chi connectivity index (χ2v) is 4.55. The van der Waals surface area contributed by atoms with Crippen LogP contribution in [0.25, 0.3) is 0 Å². The van der Waals surface area contributed by atoms with Crippen molar-refractivity contribution < 1.29 is 17.2 Å². The number of rotatable bonds is 4. The third-order valence-electron chi connectivity index (χ3n) is 1.01. The number of nitrogens with zero attached hydrogens (tertiary/aromatic N) is 1. The average molecular weight is 208 g/mol. The molecule has 0 aromatic rings. The van der Waals surface area contributed by atoms with E-state index in [1.807, 2.05) is 0 Å². The van der Waals surface area contributed by atoms with E-state index < -0.39 is 28.2 Å². The summed E-state index contributed by atoms with van der Waals surface area (Å²) in [6.45, 7) is -0.810. The molecule has 0 aliphatic heterocycles. The van der Waals surface area contributed by atoms with E-state index in [0.29, 0.717) is 4.31 Å². The second-order valence-electron chi connectivity index (χ2n) is 1.89. The Morgan fingerprint density at radius 2 is 2.00 bits per heavy atom. The minimum atomic E-state index is -3.67. The first-order valence-electron chi connectivity index (χ1n) is 2.68. The standard InChI is InChI=1S/C4H8ClF2NO2S/c1-8(2-4(6)7)11(9,10)3-5/h4H,2-3H2,1H3. The predicted octanol–water partition coefficient (Wildman–Crippen LogP) is 0.709. The SMILES string of the molecule is CN(CC(F)F)S(=O)(=O)CCl. The summed E-state index contributed by atoms with van der Waals surface area (Å²) in [4.78, 5) is 0. The maximum atomic E-state index is 11.6. The fourth-order valence-electron chi connectivity index (χ4n) is 0.391. The zero-order chi connectivity index (χ0) is 9.07. The molecule has 0 bridgehead atoms. The van der Waals surface area contributed by atoms with Gasteiger partial charge >= 0.3 is 0 Å². The average Bonchev–Trinajstić information content (AvgIpc) is 1.86. The molecule has 0 aliphatic carbocycles. The Morgan fingerprint density at radius 3 is 2.27 bits per heavy atom. The Labute approximate surface area is 69.0 Å². The number of sulfonamides is 1. The van der Waals surface area contributed by atoms with Crippen LogP contribution in [0.4, 0.5) is 8.78 Å². The van der Waals surface area contributed by atoms with E-state index in [9.17, 15) is 17.2 Å². The molecule has 0 aromatic carbocycles. The van der Waals surface area contributed by atoms with E-state index in [1.165, 1.54) is 0 Å². The van der Waals surface area contributed by atoms with Crippen LogP contribution in [0.1, 0.15) is 0 Å². The first kappa shape index (κ1) is 11.1. The molecule has 0 unspecified atom stereocenters. The molecule has 0 aromatic heterocycles. The van der Waals surface area contributed by atoms with Crippen LogP contribution in [0.5, 0.6) is 0 Å². The molecule has 0 radical (unpaired) electrons. The van der Waals surface area contributed by atoms with Gasteiger partial charge in [0.1, 0.15) is 5.21 Å². The van der Waals surface area contributed by atoms with Crippen molar-refractivity contribution in [3.63, 3.8) is 0 Å². The fraction of sp³-hybridized carbons (Fsp3) is 1.00. The summed E-state index contributed by atoms with van der Waals surface area (Å²) < 4.78 is 45.1. The van der Waals surface area contributed by atoms with Crippen molar-refractivity contribution >= 4 is 21.6 Å². The minimum absolute atomic E-state index is 0.532. The number of hydrogen-bond acceptors (Lipinski definition) is 2. The van der Waals surface area contributed by atoms with Crippen LogP contribution in [0, 0.1) is 0 Å². The second kappa shape index (κ2) is 4.18. The maximum absolute atomic E-state index is 11.6. The normalized spacial score (nSPS) is 12.9. The third kappa shape index (κ3) is 3.83. The first-order chi connectivity index (χ1) is 4.90. The van der Waals surface area contributed by atoms with Gasteiger partial charge in [0.2, 0.25) is 10.0 Å². The van der Waals surface area contributed by atoms with Crippen LogP contribution >= 0.6 is 11.6 Å². The summed E-state index contributed by atoms with van der Waals surface area (Å²) in [5.41, 5.74) is 0. The van der Waals surface area contributed by atoms with Gasteiger partial charge in [-0.15, -0.1) is 11.6 Å². The van der Waals surface area contributed by atoms with E-state index in [1.54, 1.807) is 0 Å². The van der Waals surface area contributed by atoms with Gasteiger partial charge in [-0.05, 0) is 0 Å². The molecular formula is C4H8ClF2NO2S. The number of alkyl halides is 3. The van der Waals surface area contributed by atoms with Crippen LogP contribution in [-0.4, -0.2) is 38.0 Å². The van der Waals surface area contributed by atoms with E-state index >= 15 is 0 Å². The molecular weight excluding hydrogens is 200 g/mol. The summed E-state index contributed by atoms with van der Waals surface area (Å²) in [5, 5.41) is -0.670. The van der Waals surface area contributed by atoms with Gasteiger partial charge in [-0.3, -0.25) is 0 Å². The lowest BCUT2D eigenvalue weighted by Gasteiger charge is -2.13. The van der Waals surface area contributed by atoms with Crippen LogP contribution in [0.15, 0.2) is 0 Å². The van der Waals surface area contributed by atoms with Gasteiger partial charge in [0.25, 0.3) is 6.43 Å². The highest BCUT2D eigenvalue weighted by Gasteiger charge is 2.19. The lowest BCUT2D eigenvalue weighted by molar-refractivity contribution is 0.126. The zero-order valence-electron chi connectivity index (χ0n) is 5.80. The van der Waals surface area contributed by atoms with Gasteiger partial charge in [0, 0.05) is 7.05 Å². The highest BCUT2D eigenvalue weighted by molar-refractivity contribution is 7.90.